The molecule has 5 rings (SSSR count). The minimum Gasteiger partial charge on any atom is -0.486 e. The number of hydrogen-bond acceptors (Lipinski definition) is 4. The molecule has 3 aromatic carbocycles. The maximum absolute atomic E-state index is 13.4. The lowest BCUT2D eigenvalue weighted by molar-refractivity contribution is 0.0676. The molecule has 1 amide bonds. The average molecular weight is 387 g/mol. The third-order valence-corrected chi connectivity index (χ3v) is 5.24. The molecule has 1 atom stereocenters. The highest BCUT2D eigenvalue weighted by molar-refractivity contribution is 5.95. The standard InChI is InChI=1S/C24H21NO4/c26-24(18-10-11-21-22(14-18)28-13-12-27-21)25-15-19-8-4-5-9-20(19)29-23(16-25)17-6-2-1-3-7-17/h1-11,14,23H,12-13,15-16H2. The zero-order valence-electron chi connectivity index (χ0n) is 15.9. The van der Waals surface area contributed by atoms with Gasteiger partial charge < -0.3 is 19.1 Å². The summed E-state index contributed by atoms with van der Waals surface area (Å²) in [4.78, 5) is 15.2. The van der Waals surface area contributed by atoms with Gasteiger partial charge in [0.25, 0.3) is 5.91 Å². The van der Waals surface area contributed by atoms with Gasteiger partial charge in [-0.15, -0.1) is 0 Å². The molecular weight excluding hydrogens is 366 g/mol. The quantitative estimate of drug-likeness (QED) is 0.660. The molecule has 5 nitrogen and oxygen atoms in total. The van der Waals surface area contributed by atoms with Gasteiger partial charge in [-0.2, -0.15) is 0 Å². The van der Waals surface area contributed by atoms with Crippen LogP contribution in [0.2, 0.25) is 0 Å². The second-order valence-electron chi connectivity index (χ2n) is 7.17. The summed E-state index contributed by atoms with van der Waals surface area (Å²) in [5.74, 6) is 2.06. The molecular formula is C24H21NO4. The van der Waals surface area contributed by atoms with Crippen LogP contribution in [0.25, 0.3) is 0 Å². The van der Waals surface area contributed by atoms with Gasteiger partial charge in [0, 0.05) is 17.7 Å². The molecule has 0 aromatic heterocycles. The number of nitrogens with zero attached hydrogens (tertiary/aromatic N) is 1. The van der Waals surface area contributed by atoms with Crippen LogP contribution in [0, 0.1) is 0 Å². The molecule has 0 radical (unpaired) electrons. The number of rotatable bonds is 2. The topological polar surface area (TPSA) is 48.0 Å². The molecule has 0 aliphatic carbocycles. The fourth-order valence-corrected chi connectivity index (χ4v) is 3.77. The molecule has 0 saturated heterocycles. The normalized spacial score (nSPS) is 17.7. The van der Waals surface area contributed by atoms with Crippen LogP contribution in [-0.4, -0.2) is 30.6 Å². The molecule has 146 valence electrons. The predicted molar refractivity (Wildman–Crippen MR) is 108 cm³/mol. The number of carbonyl (C=O) groups is 1. The van der Waals surface area contributed by atoms with Crippen LogP contribution in [0.5, 0.6) is 17.2 Å². The van der Waals surface area contributed by atoms with E-state index in [4.69, 9.17) is 14.2 Å². The second kappa shape index (κ2) is 7.51. The minimum atomic E-state index is -0.235. The fourth-order valence-electron chi connectivity index (χ4n) is 3.77. The number of hydrogen-bond donors (Lipinski definition) is 0. The first-order valence-corrected chi connectivity index (χ1v) is 9.76. The molecule has 0 N–H and O–H groups in total. The van der Waals surface area contributed by atoms with E-state index in [1.807, 2.05) is 59.5 Å². The van der Waals surface area contributed by atoms with E-state index in [0.29, 0.717) is 43.4 Å². The lowest BCUT2D eigenvalue weighted by Crippen LogP contribution is -2.34. The van der Waals surface area contributed by atoms with Gasteiger partial charge in [0.15, 0.2) is 11.5 Å². The summed E-state index contributed by atoms with van der Waals surface area (Å²) in [6.45, 7) is 1.98. The third-order valence-electron chi connectivity index (χ3n) is 5.24. The first kappa shape index (κ1) is 17.6. The Morgan fingerprint density at radius 2 is 1.59 bits per heavy atom. The molecule has 3 aromatic rings. The van der Waals surface area contributed by atoms with E-state index in [-0.39, 0.29) is 12.0 Å². The van der Waals surface area contributed by atoms with Crippen molar-refractivity contribution in [3.8, 4) is 17.2 Å². The van der Waals surface area contributed by atoms with E-state index < -0.39 is 0 Å². The van der Waals surface area contributed by atoms with Crippen LogP contribution in [0.15, 0.2) is 72.8 Å². The van der Waals surface area contributed by atoms with Crippen LogP contribution in [-0.2, 0) is 6.54 Å². The highest BCUT2D eigenvalue weighted by Gasteiger charge is 2.28. The van der Waals surface area contributed by atoms with Gasteiger partial charge in [0.1, 0.15) is 25.1 Å². The summed E-state index contributed by atoms with van der Waals surface area (Å²) in [7, 11) is 0. The van der Waals surface area contributed by atoms with E-state index in [9.17, 15) is 4.79 Å². The van der Waals surface area contributed by atoms with E-state index in [2.05, 4.69) is 0 Å². The van der Waals surface area contributed by atoms with Gasteiger partial charge in [0.2, 0.25) is 0 Å². The van der Waals surface area contributed by atoms with Crippen LogP contribution in [0.1, 0.15) is 27.6 Å². The smallest absolute Gasteiger partial charge is 0.254 e. The monoisotopic (exact) mass is 387 g/mol. The van der Waals surface area contributed by atoms with Gasteiger partial charge in [-0.1, -0.05) is 48.5 Å². The lowest BCUT2D eigenvalue weighted by Gasteiger charge is -2.25. The van der Waals surface area contributed by atoms with Crippen molar-refractivity contribution in [2.24, 2.45) is 0 Å². The molecule has 0 spiro atoms. The van der Waals surface area contributed by atoms with Crippen LogP contribution in [0.3, 0.4) is 0 Å². The Kier molecular flexibility index (Phi) is 4.56. The summed E-state index contributed by atoms with van der Waals surface area (Å²) in [5.41, 5.74) is 2.63. The van der Waals surface area contributed by atoms with Crippen molar-refractivity contribution in [3.05, 3.63) is 89.5 Å². The summed E-state index contributed by atoms with van der Waals surface area (Å²) in [6, 6.07) is 23.3. The SMILES string of the molecule is O=C(c1ccc2c(c1)OCCO2)N1Cc2ccccc2OC(c2ccccc2)C1. The largest absolute Gasteiger partial charge is 0.486 e. The minimum absolute atomic E-state index is 0.0526. The molecule has 2 aliphatic heterocycles. The van der Waals surface area contributed by atoms with Crippen molar-refractivity contribution < 1.29 is 19.0 Å². The number of carbonyl (C=O) groups excluding carboxylic acids is 1. The Morgan fingerprint density at radius 3 is 2.45 bits per heavy atom. The predicted octanol–water partition coefficient (Wildman–Crippen LogP) is 4.23. The lowest BCUT2D eigenvalue weighted by atomic mass is 10.1. The summed E-state index contributed by atoms with van der Waals surface area (Å²) in [6.07, 6.45) is -0.235. The molecule has 0 saturated carbocycles. The Bertz CT molecular complexity index is 1030. The number of amides is 1. The van der Waals surface area contributed by atoms with Gasteiger partial charge in [0.05, 0.1) is 6.54 Å². The van der Waals surface area contributed by atoms with E-state index in [1.54, 1.807) is 18.2 Å². The van der Waals surface area contributed by atoms with Gasteiger partial charge in [-0.25, -0.2) is 0 Å². The van der Waals surface area contributed by atoms with Crippen LogP contribution >= 0.6 is 0 Å². The number of ether oxygens (including phenoxy) is 3. The number of benzene rings is 3. The fraction of sp³-hybridized carbons (Fsp3) is 0.208. The van der Waals surface area contributed by atoms with E-state index in [1.165, 1.54) is 0 Å². The first-order valence-electron chi connectivity index (χ1n) is 9.76. The van der Waals surface area contributed by atoms with E-state index in [0.717, 1.165) is 16.9 Å². The zero-order chi connectivity index (χ0) is 19.6. The summed E-state index contributed by atoms with van der Waals surface area (Å²) >= 11 is 0. The van der Waals surface area contributed by atoms with Gasteiger partial charge in [-0.05, 0) is 29.8 Å². The Morgan fingerprint density at radius 1 is 0.828 bits per heavy atom. The van der Waals surface area contributed by atoms with Crippen molar-refractivity contribution in [1.82, 2.24) is 4.90 Å². The number of para-hydroxylation sites is 1. The second-order valence-corrected chi connectivity index (χ2v) is 7.17. The summed E-state index contributed by atoms with van der Waals surface area (Å²) in [5, 5.41) is 0. The van der Waals surface area contributed by atoms with Gasteiger partial charge in [-0.3, -0.25) is 4.79 Å². The van der Waals surface area contributed by atoms with Crippen molar-refractivity contribution in [3.63, 3.8) is 0 Å². The van der Waals surface area contributed by atoms with Crippen molar-refractivity contribution in [2.45, 2.75) is 12.6 Å². The van der Waals surface area contributed by atoms with Crippen molar-refractivity contribution >= 4 is 5.91 Å². The summed E-state index contributed by atoms with van der Waals surface area (Å²) < 4.78 is 17.5. The molecule has 1 unspecified atom stereocenters. The molecule has 0 bridgehead atoms. The number of fused-ring (bicyclic) bond motifs is 2. The average Bonchev–Trinajstić information content (AvgIpc) is 2.99. The molecule has 5 heteroatoms. The molecule has 29 heavy (non-hydrogen) atoms. The Hall–Kier alpha value is -3.47. The van der Waals surface area contributed by atoms with Gasteiger partial charge >= 0.3 is 0 Å². The maximum atomic E-state index is 13.4. The maximum Gasteiger partial charge on any atom is 0.254 e. The molecule has 2 heterocycles. The highest BCUT2D eigenvalue weighted by atomic mass is 16.6. The highest BCUT2D eigenvalue weighted by Crippen LogP contribution is 2.34. The molecule has 0 fully saturated rings. The van der Waals surface area contributed by atoms with Crippen LogP contribution < -0.4 is 14.2 Å². The van der Waals surface area contributed by atoms with Crippen LogP contribution in [0.4, 0.5) is 0 Å². The Balaban J connectivity index is 1.49. The Labute approximate surface area is 169 Å². The van der Waals surface area contributed by atoms with Crippen molar-refractivity contribution in [2.75, 3.05) is 19.8 Å². The zero-order valence-corrected chi connectivity index (χ0v) is 15.9. The third kappa shape index (κ3) is 3.51. The first-order chi connectivity index (χ1) is 14.3. The molecule has 2 aliphatic rings. The van der Waals surface area contributed by atoms with E-state index >= 15 is 0 Å². The van der Waals surface area contributed by atoms with Crippen molar-refractivity contribution in [1.29, 1.82) is 0 Å².